The molecule has 0 radical (unpaired) electrons. The smallest absolute Gasteiger partial charge is 0.0198 e. The van der Waals surface area contributed by atoms with Crippen LogP contribution in [0.5, 0.6) is 0 Å². The summed E-state index contributed by atoms with van der Waals surface area (Å²) in [5, 5.41) is 0. The minimum atomic E-state index is 0.752. The van der Waals surface area contributed by atoms with Crippen LogP contribution in [0.3, 0.4) is 0 Å². The molecule has 0 aliphatic heterocycles. The van der Waals surface area contributed by atoms with Crippen molar-refractivity contribution >= 4 is 0 Å². The lowest BCUT2D eigenvalue weighted by atomic mass is 9.94. The average Bonchev–Trinajstić information content (AvgIpc) is 2.15. The molecule has 0 N–H and O–H groups in total. The highest BCUT2D eigenvalue weighted by molar-refractivity contribution is 5.36. The summed E-state index contributed by atoms with van der Waals surface area (Å²) >= 11 is 0. The number of rotatable bonds is 3. The van der Waals surface area contributed by atoms with E-state index in [-0.39, 0.29) is 0 Å². The minimum Gasteiger partial charge on any atom is -0.0961 e. The van der Waals surface area contributed by atoms with E-state index in [9.17, 15) is 0 Å². The van der Waals surface area contributed by atoms with Gasteiger partial charge in [-0.3, -0.25) is 0 Å². The summed E-state index contributed by atoms with van der Waals surface area (Å²) in [4.78, 5) is 0. The lowest BCUT2D eigenvalue weighted by Gasteiger charge is -2.11. The monoisotopic (exact) mass is 174 g/mol. The fraction of sp³-hybridized carbons (Fsp3) is 0.385. The molecule has 1 unspecified atom stereocenters. The Morgan fingerprint density at radius 1 is 1.69 bits per heavy atom. The maximum Gasteiger partial charge on any atom is -0.0198 e. The summed E-state index contributed by atoms with van der Waals surface area (Å²) in [5.41, 5.74) is 2.42. The number of allylic oxidation sites excluding steroid dienone is 7. The highest BCUT2D eigenvalue weighted by Crippen LogP contribution is 2.19. The molecule has 0 aromatic rings. The van der Waals surface area contributed by atoms with Gasteiger partial charge < -0.3 is 0 Å². The van der Waals surface area contributed by atoms with Crippen molar-refractivity contribution in [1.82, 2.24) is 0 Å². The molecule has 0 heterocycles. The van der Waals surface area contributed by atoms with Gasteiger partial charge in [0.15, 0.2) is 0 Å². The number of hydrogen-bond acceptors (Lipinski definition) is 0. The first-order valence-corrected chi connectivity index (χ1v) is 4.94. The summed E-state index contributed by atoms with van der Waals surface area (Å²) in [6, 6.07) is 0. The lowest BCUT2D eigenvalue weighted by molar-refractivity contribution is 0.631. The zero-order chi connectivity index (χ0) is 9.68. The van der Waals surface area contributed by atoms with E-state index in [0.29, 0.717) is 0 Å². The van der Waals surface area contributed by atoms with E-state index in [1.807, 2.05) is 6.92 Å². The van der Waals surface area contributed by atoms with E-state index in [2.05, 4.69) is 43.9 Å². The summed E-state index contributed by atoms with van der Waals surface area (Å²) in [5.74, 6) is 0.752. The third-order valence-corrected chi connectivity index (χ3v) is 2.30. The average molecular weight is 174 g/mol. The zero-order valence-electron chi connectivity index (χ0n) is 8.59. The van der Waals surface area contributed by atoms with Crippen molar-refractivity contribution in [2.45, 2.75) is 26.7 Å². The molecule has 0 nitrogen and oxygen atoms in total. The van der Waals surface area contributed by atoms with Gasteiger partial charge in [-0.05, 0) is 31.3 Å². The Bertz CT molecular complexity index is 264. The second-order valence-corrected chi connectivity index (χ2v) is 3.65. The van der Waals surface area contributed by atoms with Crippen LogP contribution in [0, 0.1) is 5.92 Å². The summed E-state index contributed by atoms with van der Waals surface area (Å²) in [6.07, 6.45) is 13.4. The van der Waals surface area contributed by atoms with Gasteiger partial charge in [0.2, 0.25) is 0 Å². The summed E-state index contributed by atoms with van der Waals surface area (Å²) < 4.78 is 0. The maximum atomic E-state index is 3.83. The largest absolute Gasteiger partial charge is 0.0961 e. The van der Waals surface area contributed by atoms with Gasteiger partial charge in [-0.2, -0.15) is 0 Å². The Hall–Kier alpha value is -1.04. The van der Waals surface area contributed by atoms with Crippen LogP contribution < -0.4 is 0 Å². The normalized spacial score (nSPS) is 22.0. The maximum absolute atomic E-state index is 3.83. The SMILES string of the molecule is C=C(C)/C=C/C1=CCC(CC)C=C1. The van der Waals surface area contributed by atoms with Crippen molar-refractivity contribution in [3.63, 3.8) is 0 Å². The molecule has 0 amide bonds. The third kappa shape index (κ3) is 3.45. The van der Waals surface area contributed by atoms with Crippen LogP contribution in [-0.2, 0) is 0 Å². The molecule has 0 saturated carbocycles. The Morgan fingerprint density at radius 3 is 2.92 bits per heavy atom. The summed E-state index contributed by atoms with van der Waals surface area (Å²) in [7, 11) is 0. The van der Waals surface area contributed by atoms with Crippen LogP contribution in [0.15, 0.2) is 48.1 Å². The predicted octanol–water partition coefficient (Wildman–Crippen LogP) is 4.03. The molecule has 1 aliphatic carbocycles. The fourth-order valence-corrected chi connectivity index (χ4v) is 1.35. The Morgan fingerprint density at radius 2 is 2.46 bits per heavy atom. The van der Waals surface area contributed by atoms with Crippen molar-refractivity contribution in [3.8, 4) is 0 Å². The molecule has 0 spiro atoms. The molecule has 0 bridgehead atoms. The van der Waals surface area contributed by atoms with Crippen molar-refractivity contribution in [3.05, 3.63) is 48.1 Å². The van der Waals surface area contributed by atoms with Gasteiger partial charge in [-0.15, -0.1) is 0 Å². The van der Waals surface area contributed by atoms with E-state index in [0.717, 1.165) is 11.5 Å². The van der Waals surface area contributed by atoms with Gasteiger partial charge in [0, 0.05) is 0 Å². The van der Waals surface area contributed by atoms with Crippen molar-refractivity contribution in [1.29, 1.82) is 0 Å². The molecule has 0 heteroatoms. The molecule has 1 rings (SSSR count). The van der Waals surface area contributed by atoms with E-state index in [1.165, 1.54) is 18.4 Å². The van der Waals surface area contributed by atoms with Crippen LogP contribution in [0.25, 0.3) is 0 Å². The zero-order valence-corrected chi connectivity index (χ0v) is 8.59. The van der Waals surface area contributed by atoms with Gasteiger partial charge in [0.25, 0.3) is 0 Å². The van der Waals surface area contributed by atoms with Crippen LogP contribution >= 0.6 is 0 Å². The van der Waals surface area contributed by atoms with Crippen LogP contribution in [-0.4, -0.2) is 0 Å². The Balaban J connectivity index is 2.52. The number of hydrogen-bond donors (Lipinski definition) is 0. The van der Waals surface area contributed by atoms with E-state index in [1.54, 1.807) is 0 Å². The van der Waals surface area contributed by atoms with Gasteiger partial charge >= 0.3 is 0 Å². The van der Waals surface area contributed by atoms with Crippen molar-refractivity contribution in [2.24, 2.45) is 5.92 Å². The fourth-order valence-electron chi connectivity index (χ4n) is 1.35. The molecule has 0 aromatic carbocycles. The van der Waals surface area contributed by atoms with E-state index < -0.39 is 0 Å². The minimum absolute atomic E-state index is 0.752. The molecule has 70 valence electrons. The van der Waals surface area contributed by atoms with Crippen molar-refractivity contribution in [2.75, 3.05) is 0 Å². The van der Waals surface area contributed by atoms with E-state index >= 15 is 0 Å². The van der Waals surface area contributed by atoms with Gasteiger partial charge in [-0.1, -0.05) is 49.5 Å². The quantitative estimate of drug-likeness (QED) is 0.567. The molecular weight excluding hydrogens is 156 g/mol. The van der Waals surface area contributed by atoms with E-state index in [4.69, 9.17) is 0 Å². The molecule has 0 saturated heterocycles. The topological polar surface area (TPSA) is 0 Å². The van der Waals surface area contributed by atoms with Gasteiger partial charge in [-0.25, -0.2) is 0 Å². The Kier molecular flexibility index (Phi) is 3.75. The van der Waals surface area contributed by atoms with Crippen molar-refractivity contribution < 1.29 is 0 Å². The summed E-state index contributed by atoms with van der Waals surface area (Å²) in [6.45, 7) is 8.08. The molecule has 1 aliphatic rings. The van der Waals surface area contributed by atoms with Crippen LogP contribution in [0.1, 0.15) is 26.7 Å². The highest BCUT2D eigenvalue weighted by atomic mass is 14.1. The van der Waals surface area contributed by atoms with Gasteiger partial charge in [0.1, 0.15) is 0 Å². The van der Waals surface area contributed by atoms with Crippen LogP contribution in [0.4, 0.5) is 0 Å². The lowest BCUT2D eigenvalue weighted by Crippen LogP contribution is -1.96. The molecular formula is C13H18. The first-order valence-electron chi connectivity index (χ1n) is 4.94. The second-order valence-electron chi connectivity index (χ2n) is 3.65. The molecule has 0 fully saturated rings. The first kappa shape index (κ1) is 10.0. The highest BCUT2D eigenvalue weighted by Gasteiger charge is 2.03. The standard InChI is InChI=1S/C13H18/c1-4-12-7-9-13(10-8-12)6-5-11(2)3/h5-7,9-10,12H,2,4,8H2,1,3H3/b6-5+. The Labute approximate surface area is 81.4 Å². The third-order valence-electron chi connectivity index (χ3n) is 2.30. The van der Waals surface area contributed by atoms with Crippen LogP contribution in [0.2, 0.25) is 0 Å². The predicted molar refractivity (Wildman–Crippen MR) is 59.6 cm³/mol. The molecule has 0 aromatic heterocycles. The van der Waals surface area contributed by atoms with Gasteiger partial charge in [0.05, 0.1) is 0 Å². The first-order chi connectivity index (χ1) is 6.22. The molecule has 1 atom stereocenters. The molecule has 13 heavy (non-hydrogen) atoms. The second kappa shape index (κ2) is 4.86.